The van der Waals surface area contributed by atoms with E-state index in [0.29, 0.717) is 12.1 Å². The van der Waals surface area contributed by atoms with Gasteiger partial charge in [-0.3, -0.25) is 0 Å². The summed E-state index contributed by atoms with van der Waals surface area (Å²) in [5.74, 6) is -2.58. The van der Waals surface area contributed by atoms with E-state index in [1.807, 2.05) is 0 Å². The Kier molecular flexibility index (Phi) is 3.93. The zero-order valence-corrected chi connectivity index (χ0v) is 10.7. The Balaban J connectivity index is 2.43. The highest BCUT2D eigenvalue weighted by Gasteiger charge is 2.12. The molecule has 0 atom stereocenters. The third-order valence-electron chi connectivity index (χ3n) is 2.70. The van der Waals surface area contributed by atoms with Gasteiger partial charge in [-0.2, -0.15) is 0 Å². The van der Waals surface area contributed by atoms with Crippen molar-refractivity contribution in [3.63, 3.8) is 0 Å². The Morgan fingerprint density at radius 2 is 1.95 bits per heavy atom. The van der Waals surface area contributed by atoms with E-state index in [4.69, 9.17) is 5.11 Å². The van der Waals surface area contributed by atoms with Gasteiger partial charge in [0.05, 0.1) is 5.56 Å². The molecule has 6 heteroatoms. The molecule has 1 heterocycles. The van der Waals surface area contributed by atoms with E-state index in [2.05, 4.69) is 10.3 Å². The number of rotatable bonds is 4. The molecule has 0 unspecified atom stereocenters. The van der Waals surface area contributed by atoms with Crippen LogP contribution in [-0.4, -0.2) is 16.1 Å². The maximum atomic E-state index is 13.5. The molecule has 20 heavy (non-hydrogen) atoms. The molecule has 2 rings (SSSR count). The van der Waals surface area contributed by atoms with E-state index in [1.54, 1.807) is 6.92 Å². The molecule has 0 radical (unpaired) electrons. The normalized spacial score (nSPS) is 10.3. The van der Waals surface area contributed by atoms with E-state index in [-0.39, 0.29) is 17.1 Å². The summed E-state index contributed by atoms with van der Waals surface area (Å²) >= 11 is 0. The summed E-state index contributed by atoms with van der Waals surface area (Å²) in [6.45, 7) is 1.81. The van der Waals surface area contributed by atoms with Gasteiger partial charge in [0.25, 0.3) is 0 Å². The lowest BCUT2D eigenvalue weighted by Crippen LogP contribution is -2.05. The molecule has 0 amide bonds. The Labute approximate surface area is 114 Å². The van der Waals surface area contributed by atoms with Crippen LogP contribution in [0.4, 0.5) is 20.3 Å². The maximum Gasteiger partial charge on any atom is 0.335 e. The molecule has 0 saturated carbocycles. The summed E-state index contributed by atoms with van der Waals surface area (Å²) in [5.41, 5.74) is 0.171. The highest BCUT2D eigenvalue weighted by Crippen LogP contribution is 2.23. The molecular formula is C14H12F2N2O2. The summed E-state index contributed by atoms with van der Waals surface area (Å²) in [5, 5.41) is 11.5. The topological polar surface area (TPSA) is 62.2 Å². The van der Waals surface area contributed by atoms with E-state index in [1.165, 1.54) is 18.2 Å². The third-order valence-corrected chi connectivity index (χ3v) is 2.70. The van der Waals surface area contributed by atoms with Gasteiger partial charge in [-0.1, -0.05) is 13.0 Å². The van der Waals surface area contributed by atoms with E-state index >= 15 is 0 Å². The average Bonchev–Trinajstić information content (AvgIpc) is 2.42. The number of aryl methyl sites for hydroxylation is 1. The number of carboxylic acid groups (broad SMARTS) is 1. The smallest absolute Gasteiger partial charge is 0.335 e. The van der Waals surface area contributed by atoms with Crippen molar-refractivity contribution in [3.8, 4) is 0 Å². The van der Waals surface area contributed by atoms with Crippen molar-refractivity contribution in [1.29, 1.82) is 0 Å². The summed E-state index contributed by atoms with van der Waals surface area (Å²) in [4.78, 5) is 15.1. The molecule has 2 N–H and O–H groups in total. The highest BCUT2D eigenvalue weighted by molar-refractivity contribution is 5.88. The van der Waals surface area contributed by atoms with Gasteiger partial charge < -0.3 is 10.4 Å². The Morgan fingerprint density at radius 3 is 2.50 bits per heavy atom. The van der Waals surface area contributed by atoms with Crippen molar-refractivity contribution < 1.29 is 18.7 Å². The van der Waals surface area contributed by atoms with Gasteiger partial charge in [-0.15, -0.1) is 0 Å². The lowest BCUT2D eigenvalue weighted by atomic mass is 10.2. The SMILES string of the molecule is CCc1cc(C(=O)O)cc(Nc2c(F)cccc2F)n1. The fourth-order valence-corrected chi connectivity index (χ4v) is 1.70. The lowest BCUT2D eigenvalue weighted by molar-refractivity contribution is 0.0696. The first-order valence-corrected chi connectivity index (χ1v) is 5.96. The number of aromatic carboxylic acids is 1. The molecule has 0 spiro atoms. The standard InChI is InChI=1S/C14H12F2N2O2/c1-2-9-6-8(14(19)20)7-12(17-9)18-13-10(15)4-3-5-11(13)16/h3-7H,2H2,1H3,(H,17,18)(H,19,20). The second-order valence-corrected chi connectivity index (χ2v) is 4.11. The quantitative estimate of drug-likeness (QED) is 0.900. The monoisotopic (exact) mass is 278 g/mol. The van der Waals surface area contributed by atoms with Crippen molar-refractivity contribution in [2.24, 2.45) is 0 Å². The molecule has 0 aliphatic heterocycles. The molecule has 2 aromatic rings. The van der Waals surface area contributed by atoms with Crippen LogP contribution in [0.1, 0.15) is 23.0 Å². The summed E-state index contributed by atoms with van der Waals surface area (Å²) in [7, 11) is 0. The highest BCUT2D eigenvalue weighted by atomic mass is 19.1. The molecule has 4 nitrogen and oxygen atoms in total. The molecule has 1 aromatic heterocycles. The first-order valence-electron chi connectivity index (χ1n) is 5.96. The van der Waals surface area contributed by atoms with Crippen LogP contribution in [0.25, 0.3) is 0 Å². The van der Waals surface area contributed by atoms with Crippen LogP contribution in [0, 0.1) is 11.6 Å². The molecule has 0 fully saturated rings. The van der Waals surface area contributed by atoms with Crippen molar-refractivity contribution in [1.82, 2.24) is 4.98 Å². The van der Waals surface area contributed by atoms with Crippen LogP contribution in [0.5, 0.6) is 0 Å². The summed E-state index contributed by atoms with van der Waals surface area (Å²) in [6, 6.07) is 6.10. The van der Waals surface area contributed by atoms with E-state index in [9.17, 15) is 13.6 Å². The molecule has 0 aliphatic carbocycles. The molecule has 0 bridgehead atoms. The molecule has 0 saturated heterocycles. The van der Waals surface area contributed by atoms with Crippen molar-refractivity contribution in [2.75, 3.05) is 5.32 Å². The number of anilines is 2. The average molecular weight is 278 g/mol. The van der Waals surface area contributed by atoms with E-state index < -0.39 is 17.6 Å². The van der Waals surface area contributed by atoms with Gasteiger partial charge in [0.2, 0.25) is 0 Å². The van der Waals surface area contributed by atoms with Crippen LogP contribution in [0.2, 0.25) is 0 Å². The predicted molar refractivity (Wildman–Crippen MR) is 70.2 cm³/mol. The fraction of sp³-hybridized carbons (Fsp3) is 0.143. The predicted octanol–water partition coefficient (Wildman–Crippen LogP) is 3.36. The number of nitrogens with zero attached hydrogens (tertiary/aromatic N) is 1. The summed E-state index contributed by atoms with van der Waals surface area (Å²) < 4.78 is 27.1. The van der Waals surface area contributed by atoms with E-state index in [0.717, 1.165) is 12.1 Å². The molecule has 1 aromatic carbocycles. The Hall–Kier alpha value is -2.50. The second kappa shape index (κ2) is 5.64. The van der Waals surface area contributed by atoms with Crippen LogP contribution in [0.3, 0.4) is 0 Å². The first-order chi connectivity index (χ1) is 9.51. The van der Waals surface area contributed by atoms with Gasteiger partial charge in [0.1, 0.15) is 23.1 Å². The van der Waals surface area contributed by atoms with Gasteiger partial charge in [-0.05, 0) is 30.7 Å². The number of halogens is 2. The van der Waals surface area contributed by atoms with Crippen LogP contribution < -0.4 is 5.32 Å². The van der Waals surface area contributed by atoms with Crippen molar-refractivity contribution >= 4 is 17.5 Å². The summed E-state index contributed by atoms with van der Waals surface area (Å²) in [6.07, 6.45) is 0.509. The zero-order chi connectivity index (χ0) is 14.7. The van der Waals surface area contributed by atoms with Gasteiger partial charge >= 0.3 is 5.97 Å². The maximum absolute atomic E-state index is 13.5. The second-order valence-electron chi connectivity index (χ2n) is 4.11. The van der Waals surface area contributed by atoms with Gasteiger partial charge in [0, 0.05) is 5.69 Å². The zero-order valence-electron chi connectivity index (χ0n) is 10.7. The largest absolute Gasteiger partial charge is 0.478 e. The first kappa shape index (κ1) is 13.9. The van der Waals surface area contributed by atoms with Gasteiger partial charge in [-0.25, -0.2) is 18.6 Å². The number of benzene rings is 1. The van der Waals surface area contributed by atoms with Crippen LogP contribution in [-0.2, 0) is 6.42 Å². The number of nitrogens with one attached hydrogen (secondary N) is 1. The minimum atomic E-state index is -1.13. The Morgan fingerprint density at radius 1 is 1.30 bits per heavy atom. The molecular weight excluding hydrogens is 266 g/mol. The van der Waals surface area contributed by atoms with Crippen molar-refractivity contribution in [2.45, 2.75) is 13.3 Å². The number of hydrogen-bond donors (Lipinski definition) is 2. The number of pyridine rings is 1. The third kappa shape index (κ3) is 2.90. The number of aromatic nitrogens is 1. The lowest BCUT2D eigenvalue weighted by Gasteiger charge is -2.10. The minimum Gasteiger partial charge on any atom is -0.478 e. The number of carboxylic acids is 1. The minimum absolute atomic E-state index is 0.0103. The molecule has 104 valence electrons. The number of carbonyl (C=O) groups is 1. The van der Waals surface area contributed by atoms with Crippen LogP contribution in [0.15, 0.2) is 30.3 Å². The van der Waals surface area contributed by atoms with Gasteiger partial charge in [0.15, 0.2) is 0 Å². The number of hydrogen-bond acceptors (Lipinski definition) is 3. The molecule has 0 aliphatic rings. The van der Waals surface area contributed by atoms with Crippen molar-refractivity contribution in [3.05, 3.63) is 53.2 Å². The van der Waals surface area contributed by atoms with Crippen LogP contribution >= 0.6 is 0 Å². The Bertz CT molecular complexity index is 639. The fourth-order valence-electron chi connectivity index (χ4n) is 1.70. The number of para-hydroxylation sites is 1.